The number of aromatic nitrogens is 4. The zero-order chi connectivity index (χ0) is 18.1. The normalized spacial score (nSPS) is 10.8. The van der Waals surface area contributed by atoms with Crippen LogP contribution in [0.25, 0.3) is 28.3 Å². The molecule has 26 heavy (non-hydrogen) atoms. The van der Waals surface area contributed by atoms with Crippen molar-refractivity contribution in [2.75, 3.05) is 5.32 Å². The molecule has 6 nitrogen and oxygen atoms in total. The molecular formula is C19H14FN5O. The first-order valence-electron chi connectivity index (χ1n) is 7.92. The molecule has 0 fully saturated rings. The van der Waals surface area contributed by atoms with Crippen LogP contribution in [0.3, 0.4) is 0 Å². The summed E-state index contributed by atoms with van der Waals surface area (Å²) in [6, 6.07) is 8.18. The predicted octanol–water partition coefficient (Wildman–Crippen LogP) is 3.47. The molecule has 0 aliphatic heterocycles. The Morgan fingerprint density at radius 1 is 1.19 bits per heavy atom. The zero-order valence-corrected chi connectivity index (χ0v) is 13.8. The Bertz CT molecular complexity index is 1120. The van der Waals surface area contributed by atoms with Gasteiger partial charge in [-0.15, -0.1) is 0 Å². The first-order chi connectivity index (χ1) is 12.7. The number of nitrogens with zero attached hydrogens (tertiary/aromatic N) is 4. The van der Waals surface area contributed by atoms with Crippen LogP contribution in [0.15, 0.2) is 55.1 Å². The molecule has 0 aliphatic rings. The van der Waals surface area contributed by atoms with Crippen molar-refractivity contribution in [1.82, 2.24) is 19.4 Å². The minimum Gasteiger partial charge on any atom is -0.329 e. The third-order valence-electron chi connectivity index (χ3n) is 4.06. The molecule has 1 aromatic carbocycles. The molecule has 0 radical (unpaired) electrons. The summed E-state index contributed by atoms with van der Waals surface area (Å²) < 4.78 is 16.0. The highest BCUT2D eigenvalue weighted by molar-refractivity contribution is 5.75. The van der Waals surface area contributed by atoms with E-state index >= 15 is 0 Å². The smallest absolute Gasteiger partial charge is 0.234 e. The maximum atomic E-state index is 14.2. The van der Waals surface area contributed by atoms with Gasteiger partial charge in [0.1, 0.15) is 5.82 Å². The fourth-order valence-corrected chi connectivity index (χ4v) is 2.80. The molecule has 1 amide bonds. The van der Waals surface area contributed by atoms with Crippen molar-refractivity contribution < 1.29 is 9.18 Å². The van der Waals surface area contributed by atoms with E-state index in [1.165, 1.54) is 18.2 Å². The molecule has 0 atom stereocenters. The van der Waals surface area contributed by atoms with Gasteiger partial charge in [-0.1, -0.05) is 6.07 Å². The number of carbonyl (C=O) groups is 1. The monoisotopic (exact) mass is 347 g/mol. The van der Waals surface area contributed by atoms with Crippen molar-refractivity contribution in [2.45, 2.75) is 6.92 Å². The molecule has 4 aromatic rings. The van der Waals surface area contributed by atoms with Crippen molar-refractivity contribution in [3.63, 3.8) is 0 Å². The van der Waals surface area contributed by atoms with E-state index < -0.39 is 5.82 Å². The van der Waals surface area contributed by atoms with Crippen LogP contribution in [0.4, 0.5) is 10.1 Å². The maximum Gasteiger partial charge on any atom is 0.234 e. The van der Waals surface area contributed by atoms with Gasteiger partial charge in [0.05, 0.1) is 11.4 Å². The van der Waals surface area contributed by atoms with Crippen LogP contribution >= 0.6 is 0 Å². The van der Waals surface area contributed by atoms with Crippen LogP contribution in [-0.4, -0.2) is 25.8 Å². The number of carbonyl (C=O) groups excluding carboxylic acids is 1. The van der Waals surface area contributed by atoms with Crippen LogP contribution in [0.2, 0.25) is 0 Å². The zero-order valence-electron chi connectivity index (χ0n) is 13.8. The highest BCUT2D eigenvalue weighted by Crippen LogP contribution is 2.26. The van der Waals surface area contributed by atoms with Gasteiger partial charge in [-0.3, -0.25) is 14.2 Å². The SMILES string of the molecule is Cc1cccnc1-c1cnc2nc(-c3cc(NC=O)ccc3F)cn2c1. The number of halogens is 1. The second-order valence-corrected chi connectivity index (χ2v) is 5.80. The Labute approximate surface area is 148 Å². The molecule has 1 N–H and O–H groups in total. The summed E-state index contributed by atoms with van der Waals surface area (Å²) in [7, 11) is 0. The van der Waals surface area contributed by atoms with Crippen molar-refractivity contribution in [2.24, 2.45) is 0 Å². The molecule has 0 spiro atoms. The van der Waals surface area contributed by atoms with E-state index in [1.54, 1.807) is 23.0 Å². The summed E-state index contributed by atoms with van der Waals surface area (Å²) in [6.45, 7) is 1.98. The number of hydrogen-bond donors (Lipinski definition) is 1. The van der Waals surface area contributed by atoms with Crippen molar-refractivity contribution in [1.29, 1.82) is 0 Å². The minimum absolute atomic E-state index is 0.290. The molecule has 0 bridgehead atoms. The van der Waals surface area contributed by atoms with E-state index in [-0.39, 0.29) is 5.56 Å². The first kappa shape index (κ1) is 15.9. The number of aryl methyl sites for hydroxylation is 1. The van der Waals surface area contributed by atoms with E-state index in [1.807, 2.05) is 25.3 Å². The van der Waals surface area contributed by atoms with Crippen LogP contribution in [-0.2, 0) is 4.79 Å². The fraction of sp³-hybridized carbons (Fsp3) is 0.0526. The van der Waals surface area contributed by atoms with Gasteiger partial charge in [0.15, 0.2) is 0 Å². The van der Waals surface area contributed by atoms with E-state index in [0.29, 0.717) is 23.6 Å². The standard InChI is InChI=1S/C19H14FN5O/c1-12-3-2-6-21-18(12)13-8-22-19-24-17(10-25(19)9-13)15-7-14(23-11-26)4-5-16(15)20/h2-11H,1H3,(H,23,26). The second kappa shape index (κ2) is 6.36. The van der Waals surface area contributed by atoms with E-state index in [9.17, 15) is 9.18 Å². The van der Waals surface area contributed by atoms with Crippen molar-refractivity contribution >= 4 is 17.9 Å². The van der Waals surface area contributed by atoms with Gasteiger partial charge in [0.2, 0.25) is 12.2 Å². The number of nitrogens with one attached hydrogen (secondary N) is 1. The van der Waals surface area contributed by atoms with E-state index in [0.717, 1.165) is 16.8 Å². The summed E-state index contributed by atoms with van der Waals surface area (Å²) >= 11 is 0. The van der Waals surface area contributed by atoms with Gasteiger partial charge in [0.25, 0.3) is 0 Å². The molecule has 128 valence electrons. The van der Waals surface area contributed by atoms with Crippen LogP contribution < -0.4 is 5.32 Å². The molecule has 0 unspecified atom stereocenters. The number of amides is 1. The quantitative estimate of drug-likeness (QED) is 0.574. The summed E-state index contributed by atoms with van der Waals surface area (Å²) in [6.07, 6.45) is 7.53. The highest BCUT2D eigenvalue weighted by atomic mass is 19.1. The summed E-state index contributed by atoms with van der Waals surface area (Å²) in [5, 5.41) is 2.51. The van der Waals surface area contributed by atoms with Gasteiger partial charge in [-0.25, -0.2) is 14.4 Å². The Kier molecular flexibility index (Phi) is 3.89. The van der Waals surface area contributed by atoms with E-state index in [4.69, 9.17) is 0 Å². The van der Waals surface area contributed by atoms with Gasteiger partial charge >= 0.3 is 0 Å². The van der Waals surface area contributed by atoms with Gasteiger partial charge in [-0.05, 0) is 36.8 Å². The molecule has 7 heteroatoms. The lowest BCUT2D eigenvalue weighted by atomic mass is 10.1. The summed E-state index contributed by atoms with van der Waals surface area (Å²) in [5.74, 6) is 0.0242. The maximum absolute atomic E-state index is 14.2. The number of imidazole rings is 1. The highest BCUT2D eigenvalue weighted by Gasteiger charge is 2.12. The van der Waals surface area contributed by atoms with Crippen molar-refractivity contribution in [3.05, 3.63) is 66.5 Å². The molecule has 0 aliphatic carbocycles. The third kappa shape index (κ3) is 2.79. The van der Waals surface area contributed by atoms with Gasteiger partial charge in [-0.2, -0.15) is 0 Å². The van der Waals surface area contributed by atoms with E-state index in [2.05, 4.69) is 20.3 Å². The lowest BCUT2D eigenvalue weighted by Gasteiger charge is -2.04. The third-order valence-corrected chi connectivity index (χ3v) is 4.06. The lowest BCUT2D eigenvalue weighted by Crippen LogP contribution is -1.95. The topological polar surface area (TPSA) is 72.2 Å². The van der Waals surface area contributed by atoms with Crippen molar-refractivity contribution in [3.8, 4) is 22.5 Å². The number of hydrogen-bond acceptors (Lipinski definition) is 4. The van der Waals surface area contributed by atoms with Crippen LogP contribution in [0.5, 0.6) is 0 Å². The largest absolute Gasteiger partial charge is 0.329 e. The summed E-state index contributed by atoms with van der Waals surface area (Å²) in [4.78, 5) is 23.7. The van der Waals surface area contributed by atoms with Gasteiger partial charge < -0.3 is 5.32 Å². The molecule has 3 aromatic heterocycles. The molecule has 3 heterocycles. The van der Waals surface area contributed by atoms with Gasteiger partial charge in [0, 0.05) is 41.6 Å². The fourth-order valence-electron chi connectivity index (χ4n) is 2.80. The molecule has 4 rings (SSSR count). The van der Waals surface area contributed by atoms with Crippen LogP contribution in [0, 0.1) is 12.7 Å². The first-order valence-corrected chi connectivity index (χ1v) is 7.92. The Morgan fingerprint density at radius 2 is 2.08 bits per heavy atom. The van der Waals surface area contributed by atoms with Crippen LogP contribution in [0.1, 0.15) is 5.56 Å². The predicted molar refractivity (Wildman–Crippen MR) is 96.0 cm³/mol. The molecule has 0 saturated carbocycles. The summed E-state index contributed by atoms with van der Waals surface area (Å²) in [5.41, 5.74) is 3.92. The number of pyridine rings is 1. The number of fused-ring (bicyclic) bond motifs is 1. The minimum atomic E-state index is -0.425. The Hall–Kier alpha value is -3.61. The Morgan fingerprint density at radius 3 is 2.88 bits per heavy atom. The number of rotatable bonds is 4. The number of benzene rings is 1. The lowest BCUT2D eigenvalue weighted by molar-refractivity contribution is -0.105. The average molecular weight is 347 g/mol. The Balaban J connectivity index is 1.81. The molecular weight excluding hydrogens is 333 g/mol. The number of anilines is 1. The average Bonchev–Trinajstić information content (AvgIpc) is 3.07. The molecule has 0 saturated heterocycles. The second-order valence-electron chi connectivity index (χ2n) is 5.80.